The van der Waals surface area contributed by atoms with E-state index in [1.165, 1.54) is 6.08 Å². The molecule has 7 heteroatoms. The normalized spacial score (nSPS) is 13.3. The van der Waals surface area contributed by atoms with Crippen LogP contribution in [0.4, 0.5) is 5.69 Å². The Balaban J connectivity index is 1.75. The van der Waals surface area contributed by atoms with Crippen molar-refractivity contribution in [3.8, 4) is 0 Å². The summed E-state index contributed by atoms with van der Waals surface area (Å²) in [5.74, 6) is -0.274. The van der Waals surface area contributed by atoms with Crippen molar-refractivity contribution in [2.24, 2.45) is 0 Å². The van der Waals surface area contributed by atoms with E-state index < -0.39 is 0 Å². The Hall–Kier alpha value is -2.41. The van der Waals surface area contributed by atoms with Crippen LogP contribution in [0.2, 0.25) is 0 Å². The molecule has 0 fully saturated rings. The van der Waals surface area contributed by atoms with Crippen LogP contribution < -0.4 is 10.2 Å². The Kier molecular flexibility index (Phi) is 4.80. The highest BCUT2D eigenvalue weighted by Gasteiger charge is 2.21. The number of rotatable bonds is 4. The van der Waals surface area contributed by atoms with Crippen molar-refractivity contribution in [2.45, 2.75) is 19.4 Å². The summed E-state index contributed by atoms with van der Waals surface area (Å²) in [7, 11) is 0. The summed E-state index contributed by atoms with van der Waals surface area (Å²) in [4.78, 5) is 26.0. The van der Waals surface area contributed by atoms with Gasteiger partial charge in [-0.15, -0.1) is 0 Å². The monoisotopic (exact) mass is 388 g/mol. The zero-order chi connectivity index (χ0) is 17.1. The highest BCUT2D eigenvalue weighted by atomic mass is 79.9. The van der Waals surface area contributed by atoms with Crippen molar-refractivity contribution in [1.29, 1.82) is 0 Å². The van der Waals surface area contributed by atoms with Gasteiger partial charge in [0.25, 0.3) is 5.91 Å². The molecule has 3 rings (SSSR count). The van der Waals surface area contributed by atoms with Crippen molar-refractivity contribution in [1.82, 2.24) is 15.5 Å². The van der Waals surface area contributed by atoms with Crippen LogP contribution in [0.5, 0.6) is 0 Å². The third kappa shape index (κ3) is 3.26. The average molecular weight is 389 g/mol. The van der Waals surface area contributed by atoms with Crippen LogP contribution in [0.15, 0.2) is 41.5 Å². The van der Waals surface area contributed by atoms with Crippen LogP contribution in [0.25, 0.3) is 0 Å². The van der Waals surface area contributed by atoms with Crippen LogP contribution in [-0.4, -0.2) is 28.6 Å². The first-order chi connectivity index (χ1) is 11.6. The summed E-state index contributed by atoms with van der Waals surface area (Å²) in [6, 6.07) is 5.43. The predicted octanol–water partition coefficient (Wildman–Crippen LogP) is 2.57. The van der Waals surface area contributed by atoms with Crippen LogP contribution in [0.3, 0.4) is 0 Å². The maximum atomic E-state index is 12.4. The average Bonchev–Trinajstić information content (AvgIpc) is 3.02. The number of benzene rings is 1. The number of carbonyl (C=O) groups excluding carboxylic acids is 2. The predicted molar refractivity (Wildman–Crippen MR) is 94.8 cm³/mol. The zero-order valence-electron chi connectivity index (χ0n) is 13.0. The molecule has 0 atom stereocenters. The SMILES string of the molecule is C=CC(=O)N1CCCc2cc(C(=O)NCc3[nH]ncc3Br)ccc21. The van der Waals surface area contributed by atoms with Crippen LogP contribution >= 0.6 is 15.9 Å². The third-order valence-electron chi connectivity index (χ3n) is 3.99. The van der Waals surface area contributed by atoms with E-state index in [0.717, 1.165) is 34.3 Å². The van der Waals surface area contributed by atoms with Gasteiger partial charge in [-0.05, 0) is 58.6 Å². The van der Waals surface area contributed by atoms with Crippen molar-refractivity contribution >= 4 is 33.4 Å². The molecule has 1 aliphatic heterocycles. The Labute approximate surface area is 148 Å². The van der Waals surface area contributed by atoms with E-state index in [1.807, 2.05) is 12.1 Å². The molecule has 0 aliphatic carbocycles. The number of halogens is 1. The van der Waals surface area contributed by atoms with E-state index in [0.29, 0.717) is 18.7 Å². The maximum absolute atomic E-state index is 12.4. The number of fused-ring (bicyclic) bond motifs is 1. The van der Waals surface area contributed by atoms with Crippen LogP contribution in [0, 0.1) is 0 Å². The quantitative estimate of drug-likeness (QED) is 0.790. The number of nitrogens with one attached hydrogen (secondary N) is 2. The second-order valence-corrected chi connectivity index (χ2v) is 6.37. The summed E-state index contributed by atoms with van der Waals surface area (Å²) in [6.45, 7) is 4.58. The smallest absolute Gasteiger partial charge is 0.251 e. The molecule has 2 amide bonds. The summed E-state index contributed by atoms with van der Waals surface area (Å²) >= 11 is 3.36. The minimum atomic E-state index is -0.161. The number of aromatic nitrogens is 2. The molecular weight excluding hydrogens is 372 g/mol. The topological polar surface area (TPSA) is 78.1 Å². The Morgan fingerprint density at radius 2 is 2.29 bits per heavy atom. The van der Waals surface area contributed by atoms with E-state index in [4.69, 9.17) is 0 Å². The van der Waals surface area contributed by atoms with E-state index in [9.17, 15) is 9.59 Å². The van der Waals surface area contributed by atoms with Gasteiger partial charge in [-0.1, -0.05) is 6.58 Å². The lowest BCUT2D eigenvalue weighted by Crippen LogP contribution is -2.34. The van der Waals surface area contributed by atoms with E-state index >= 15 is 0 Å². The molecule has 0 unspecified atom stereocenters. The fourth-order valence-electron chi connectivity index (χ4n) is 2.77. The number of H-pyrrole nitrogens is 1. The van der Waals surface area contributed by atoms with Gasteiger partial charge in [0.05, 0.1) is 22.9 Å². The van der Waals surface area contributed by atoms with Gasteiger partial charge in [0.2, 0.25) is 5.91 Å². The molecule has 0 radical (unpaired) electrons. The molecule has 2 aromatic rings. The number of hydrogen-bond donors (Lipinski definition) is 2. The molecule has 0 bridgehead atoms. The van der Waals surface area contributed by atoms with Gasteiger partial charge in [0, 0.05) is 17.8 Å². The molecule has 124 valence electrons. The number of nitrogens with zero attached hydrogens (tertiary/aromatic N) is 2. The molecule has 0 saturated heterocycles. The Morgan fingerprint density at radius 1 is 1.46 bits per heavy atom. The lowest BCUT2D eigenvalue weighted by molar-refractivity contribution is -0.114. The molecule has 1 aromatic heterocycles. The number of aromatic amines is 1. The van der Waals surface area contributed by atoms with Gasteiger partial charge in [-0.2, -0.15) is 5.10 Å². The van der Waals surface area contributed by atoms with Gasteiger partial charge in [-0.3, -0.25) is 14.7 Å². The molecule has 2 N–H and O–H groups in total. The summed E-state index contributed by atoms with van der Waals surface area (Å²) < 4.78 is 0.826. The van der Waals surface area contributed by atoms with Gasteiger partial charge < -0.3 is 10.2 Å². The van der Waals surface area contributed by atoms with Crippen molar-refractivity contribution < 1.29 is 9.59 Å². The Morgan fingerprint density at radius 3 is 3.00 bits per heavy atom. The highest BCUT2D eigenvalue weighted by Crippen LogP contribution is 2.28. The second-order valence-electron chi connectivity index (χ2n) is 5.52. The molecule has 24 heavy (non-hydrogen) atoms. The third-order valence-corrected chi connectivity index (χ3v) is 4.68. The molecular formula is C17H17BrN4O2. The molecule has 0 saturated carbocycles. The standard InChI is InChI=1S/C17H17BrN4O2/c1-2-16(23)22-7-3-4-11-8-12(5-6-15(11)22)17(24)19-10-14-13(18)9-20-21-14/h2,5-6,8-9H,1,3-4,7,10H2,(H,19,24)(H,20,21). The van der Waals surface area contributed by atoms with E-state index in [2.05, 4.69) is 38.0 Å². The van der Waals surface area contributed by atoms with Gasteiger partial charge in [0.15, 0.2) is 0 Å². The largest absolute Gasteiger partial charge is 0.346 e. The van der Waals surface area contributed by atoms with E-state index in [-0.39, 0.29) is 11.8 Å². The first-order valence-corrected chi connectivity index (χ1v) is 8.42. The minimum Gasteiger partial charge on any atom is -0.346 e. The van der Waals surface area contributed by atoms with Crippen molar-refractivity contribution in [3.63, 3.8) is 0 Å². The summed E-state index contributed by atoms with van der Waals surface area (Å²) in [5, 5.41) is 9.57. The lowest BCUT2D eigenvalue weighted by Gasteiger charge is -2.28. The molecule has 0 spiro atoms. The number of carbonyl (C=O) groups is 2. The summed E-state index contributed by atoms with van der Waals surface area (Å²) in [5.41, 5.74) is 3.26. The number of amides is 2. The fourth-order valence-corrected chi connectivity index (χ4v) is 3.10. The zero-order valence-corrected chi connectivity index (χ0v) is 14.6. The number of hydrogen-bond acceptors (Lipinski definition) is 3. The molecule has 6 nitrogen and oxygen atoms in total. The first kappa shape index (κ1) is 16.4. The second kappa shape index (κ2) is 7.00. The van der Waals surface area contributed by atoms with Crippen LogP contribution in [0.1, 0.15) is 28.0 Å². The van der Waals surface area contributed by atoms with Crippen molar-refractivity contribution in [3.05, 3.63) is 58.3 Å². The minimum absolute atomic E-state index is 0.114. The molecule has 1 aliphatic rings. The molecule has 1 aromatic carbocycles. The molecule has 2 heterocycles. The van der Waals surface area contributed by atoms with Gasteiger partial charge >= 0.3 is 0 Å². The first-order valence-electron chi connectivity index (χ1n) is 7.63. The summed E-state index contributed by atoms with van der Waals surface area (Å²) in [6.07, 6.45) is 4.69. The van der Waals surface area contributed by atoms with Gasteiger partial charge in [0.1, 0.15) is 0 Å². The lowest BCUT2D eigenvalue weighted by atomic mass is 9.98. The maximum Gasteiger partial charge on any atom is 0.251 e. The van der Waals surface area contributed by atoms with Gasteiger partial charge in [-0.25, -0.2) is 0 Å². The fraction of sp³-hybridized carbons (Fsp3) is 0.235. The van der Waals surface area contributed by atoms with Crippen LogP contribution in [-0.2, 0) is 17.8 Å². The van der Waals surface area contributed by atoms with Crippen molar-refractivity contribution in [2.75, 3.05) is 11.4 Å². The van der Waals surface area contributed by atoms with E-state index in [1.54, 1.807) is 17.2 Å². The highest BCUT2D eigenvalue weighted by molar-refractivity contribution is 9.10. The number of anilines is 1. The Bertz CT molecular complexity index is 800. The number of aryl methyl sites for hydroxylation is 1.